The Morgan fingerprint density at radius 3 is 2.94 bits per heavy atom. The van der Waals surface area contributed by atoms with E-state index >= 15 is 0 Å². The first kappa shape index (κ1) is 11.3. The Balaban J connectivity index is 1.70. The van der Waals surface area contributed by atoms with Crippen LogP contribution in [0.3, 0.4) is 0 Å². The molecule has 5 nitrogen and oxygen atoms in total. The maximum absolute atomic E-state index is 10.9. The summed E-state index contributed by atoms with van der Waals surface area (Å²) in [6.07, 6.45) is 4.98. The van der Waals surface area contributed by atoms with Crippen LogP contribution in [0.5, 0.6) is 5.88 Å². The second-order valence-electron chi connectivity index (χ2n) is 4.94. The molecule has 1 unspecified atom stereocenters. The van der Waals surface area contributed by atoms with Crippen molar-refractivity contribution in [3.8, 4) is 5.88 Å². The Morgan fingerprint density at radius 1 is 1.44 bits per heavy atom. The van der Waals surface area contributed by atoms with Gasteiger partial charge in [0, 0.05) is 31.0 Å². The predicted octanol–water partition coefficient (Wildman–Crippen LogP) is 1.53. The number of carboxylic acids is 1. The molecule has 1 saturated carbocycles. The largest absolute Gasteiger partial charge is 0.481 e. The first-order valence-corrected chi connectivity index (χ1v) is 6.33. The van der Waals surface area contributed by atoms with E-state index < -0.39 is 5.97 Å². The molecule has 2 fully saturated rings. The number of rotatable bonds is 4. The number of nitrogens with zero attached hydrogens (tertiary/aromatic N) is 2. The standard InChI is InChI=1S/C13H16N2O3/c16-13(17)9-4-6-15(8-9)10-3-5-14-12(7-10)18-11-1-2-11/h3,5,7,9,11H,1-2,4,6,8H2,(H,16,17). The lowest BCUT2D eigenvalue weighted by Gasteiger charge is -2.18. The van der Waals surface area contributed by atoms with E-state index in [9.17, 15) is 4.79 Å². The first-order valence-electron chi connectivity index (χ1n) is 6.33. The van der Waals surface area contributed by atoms with E-state index in [0.717, 1.165) is 25.1 Å². The second-order valence-corrected chi connectivity index (χ2v) is 4.94. The van der Waals surface area contributed by atoms with Crippen molar-refractivity contribution in [2.45, 2.75) is 25.4 Å². The SMILES string of the molecule is O=C(O)C1CCN(c2ccnc(OC3CC3)c2)C1. The number of pyridine rings is 1. The van der Waals surface area contributed by atoms with Gasteiger partial charge in [0.25, 0.3) is 0 Å². The lowest BCUT2D eigenvalue weighted by Crippen LogP contribution is -2.22. The van der Waals surface area contributed by atoms with Crippen molar-refractivity contribution in [1.29, 1.82) is 0 Å². The van der Waals surface area contributed by atoms with Crippen molar-refractivity contribution in [2.24, 2.45) is 5.92 Å². The minimum absolute atomic E-state index is 0.258. The molecule has 0 radical (unpaired) electrons. The summed E-state index contributed by atoms with van der Waals surface area (Å²) in [6, 6.07) is 3.81. The molecule has 0 spiro atoms. The van der Waals surface area contributed by atoms with Crippen LogP contribution in [-0.4, -0.2) is 35.3 Å². The van der Waals surface area contributed by atoms with Crippen LogP contribution in [0.1, 0.15) is 19.3 Å². The Kier molecular flexibility index (Phi) is 2.81. The van der Waals surface area contributed by atoms with Crippen molar-refractivity contribution in [3.05, 3.63) is 18.3 Å². The van der Waals surface area contributed by atoms with E-state index in [0.29, 0.717) is 24.9 Å². The summed E-state index contributed by atoms with van der Waals surface area (Å²) in [5, 5.41) is 9.00. The maximum Gasteiger partial charge on any atom is 0.308 e. The average molecular weight is 248 g/mol. The summed E-state index contributed by atoms with van der Waals surface area (Å²) in [5.74, 6) is -0.319. The van der Waals surface area contributed by atoms with Gasteiger partial charge in [0.15, 0.2) is 0 Å². The van der Waals surface area contributed by atoms with Crippen LogP contribution < -0.4 is 9.64 Å². The van der Waals surface area contributed by atoms with Gasteiger partial charge in [0.1, 0.15) is 6.10 Å². The monoisotopic (exact) mass is 248 g/mol. The van der Waals surface area contributed by atoms with E-state index in [-0.39, 0.29) is 5.92 Å². The Morgan fingerprint density at radius 2 is 2.28 bits per heavy atom. The summed E-state index contributed by atoms with van der Waals surface area (Å²) in [7, 11) is 0. The third-order valence-corrected chi connectivity index (χ3v) is 3.43. The number of carboxylic acid groups (broad SMARTS) is 1. The summed E-state index contributed by atoms with van der Waals surface area (Å²) < 4.78 is 5.65. The van der Waals surface area contributed by atoms with Crippen molar-refractivity contribution in [1.82, 2.24) is 4.98 Å². The highest BCUT2D eigenvalue weighted by molar-refractivity contribution is 5.72. The normalized spacial score (nSPS) is 23.1. The minimum atomic E-state index is -0.707. The number of ether oxygens (including phenoxy) is 1. The number of carbonyl (C=O) groups is 1. The van der Waals surface area contributed by atoms with Gasteiger partial charge in [0.2, 0.25) is 5.88 Å². The molecule has 1 aromatic heterocycles. The molecule has 0 amide bonds. The molecule has 3 rings (SSSR count). The molecule has 2 aliphatic rings. The highest BCUT2D eigenvalue weighted by atomic mass is 16.5. The van der Waals surface area contributed by atoms with E-state index in [4.69, 9.17) is 9.84 Å². The summed E-state index contributed by atoms with van der Waals surface area (Å²) in [4.78, 5) is 17.2. The van der Waals surface area contributed by atoms with Gasteiger partial charge in [-0.25, -0.2) is 4.98 Å². The van der Waals surface area contributed by atoms with Crippen molar-refractivity contribution < 1.29 is 14.6 Å². The second kappa shape index (κ2) is 4.48. The van der Waals surface area contributed by atoms with Gasteiger partial charge >= 0.3 is 5.97 Å². The van der Waals surface area contributed by atoms with Gasteiger partial charge in [-0.15, -0.1) is 0 Å². The molecule has 0 bridgehead atoms. The molecule has 1 N–H and O–H groups in total. The Labute approximate surface area is 105 Å². The molecule has 1 aliphatic heterocycles. The molecule has 1 atom stereocenters. The van der Waals surface area contributed by atoms with Gasteiger partial charge in [0.05, 0.1) is 5.92 Å². The van der Waals surface area contributed by atoms with Crippen LogP contribution >= 0.6 is 0 Å². The molecular weight excluding hydrogens is 232 g/mol. The smallest absolute Gasteiger partial charge is 0.308 e. The number of aliphatic carboxylic acids is 1. The van der Waals surface area contributed by atoms with Gasteiger partial charge in [-0.3, -0.25) is 4.79 Å². The van der Waals surface area contributed by atoms with Crippen LogP contribution in [0.15, 0.2) is 18.3 Å². The summed E-state index contributed by atoms with van der Waals surface area (Å²) >= 11 is 0. The number of aromatic nitrogens is 1. The van der Waals surface area contributed by atoms with E-state index in [1.54, 1.807) is 6.20 Å². The van der Waals surface area contributed by atoms with Crippen LogP contribution in [0.25, 0.3) is 0 Å². The third-order valence-electron chi connectivity index (χ3n) is 3.43. The molecule has 1 aromatic rings. The molecule has 1 aliphatic carbocycles. The fraction of sp³-hybridized carbons (Fsp3) is 0.538. The van der Waals surface area contributed by atoms with Gasteiger partial charge in [-0.2, -0.15) is 0 Å². The molecule has 5 heteroatoms. The fourth-order valence-electron chi connectivity index (χ4n) is 2.21. The third kappa shape index (κ3) is 2.39. The molecule has 96 valence electrons. The van der Waals surface area contributed by atoms with Gasteiger partial charge in [-0.1, -0.05) is 0 Å². The van der Waals surface area contributed by atoms with Crippen molar-refractivity contribution in [2.75, 3.05) is 18.0 Å². The van der Waals surface area contributed by atoms with E-state index in [1.165, 1.54) is 0 Å². The topological polar surface area (TPSA) is 62.7 Å². The van der Waals surface area contributed by atoms with Crippen LogP contribution in [-0.2, 0) is 4.79 Å². The maximum atomic E-state index is 10.9. The van der Waals surface area contributed by atoms with Crippen LogP contribution in [0.4, 0.5) is 5.69 Å². The predicted molar refractivity (Wildman–Crippen MR) is 65.8 cm³/mol. The Hall–Kier alpha value is -1.78. The Bertz CT molecular complexity index is 459. The number of hydrogen-bond acceptors (Lipinski definition) is 4. The first-order chi connectivity index (χ1) is 8.72. The summed E-state index contributed by atoms with van der Waals surface area (Å²) in [5.41, 5.74) is 1.00. The van der Waals surface area contributed by atoms with Gasteiger partial charge in [-0.05, 0) is 25.3 Å². The quantitative estimate of drug-likeness (QED) is 0.875. The average Bonchev–Trinajstić information content (AvgIpc) is 3.03. The van der Waals surface area contributed by atoms with Crippen LogP contribution in [0, 0.1) is 5.92 Å². The van der Waals surface area contributed by atoms with Crippen molar-refractivity contribution in [3.63, 3.8) is 0 Å². The molecular formula is C13H16N2O3. The lowest BCUT2D eigenvalue weighted by molar-refractivity contribution is -0.140. The highest BCUT2D eigenvalue weighted by Crippen LogP contribution is 2.29. The zero-order valence-electron chi connectivity index (χ0n) is 10.1. The highest BCUT2D eigenvalue weighted by Gasteiger charge is 2.29. The molecule has 1 saturated heterocycles. The zero-order chi connectivity index (χ0) is 12.5. The molecule has 18 heavy (non-hydrogen) atoms. The lowest BCUT2D eigenvalue weighted by atomic mass is 10.1. The zero-order valence-corrected chi connectivity index (χ0v) is 10.1. The summed E-state index contributed by atoms with van der Waals surface area (Å²) in [6.45, 7) is 1.35. The fourth-order valence-corrected chi connectivity index (χ4v) is 2.21. The van der Waals surface area contributed by atoms with E-state index in [1.807, 2.05) is 12.1 Å². The number of hydrogen-bond donors (Lipinski definition) is 1. The van der Waals surface area contributed by atoms with Crippen molar-refractivity contribution >= 4 is 11.7 Å². The molecule has 2 heterocycles. The molecule has 0 aromatic carbocycles. The minimum Gasteiger partial charge on any atom is -0.481 e. The van der Waals surface area contributed by atoms with E-state index in [2.05, 4.69) is 9.88 Å². The number of anilines is 1. The van der Waals surface area contributed by atoms with Gasteiger partial charge < -0.3 is 14.7 Å². The van der Waals surface area contributed by atoms with Crippen LogP contribution in [0.2, 0.25) is 0 Å².